The molecule has 1 N–H and O–H groups in total. The Bertz CT molecular complexity index is 924. The Balaban J connectivity index is 1.78. The zero-order valence-electron chi connectivity index (χ0n) is 18.9. The third-order valence-electron chi connectivity index (χ3n) is 6.19. The molecule has 4 nitrogen and oxygen atoms in total. The fraction of sp³-hybridized carbons (Fsp3) is 0.462. The van der Waals surface area contributed by atoms with Crippen LogP contribution in [0.4, 0.5) is 0 Å². The topological polar surface area (TPSA) is 49.4 Å². The molecule has 0 unspecified atom stereocenters. The number of hydrogen-bond acceptors (Lipinski definition) is 2. The summed E-state index contributed by atoms with van der Waals surface area (Å²) < 4.78 is 0. The van der Waals surface area contributed by atoms with Crippen LogP contribution in [0.5, 0.6) is 0 Å². The Morgan fingerprint density at radius 2 is 1.78 bits per heavy atom. The number of nitrogens with zero attached hydrogens (tertiary/aromatic N) is 1. The van der Waals surface area contributed by atoms with Crippen molar-refractivity contribution in [3.63, 3.8) is 0 Å². The van der Waals surface area contributed by atoms with E-state index in [0.29, 0.717) is 29.3 Å². The summed E-state index contributed by atoms with van der Waals surface area (Å²) in [4.78, 5) is 28.2. The summed E-state index contributed by atoms with van der Waals surface area (Å²) in [5, 5.41) is 4.21. The Morgan fingerprint density at radius 1 is 1.09 bits per heavy atom. The predicted octanol–water partition coefficient (Wildman–Crippen LogP) is 6.10. The normalized spacial score (nSPS) is 14.9. The van der Waals surface area contributed by atoms with Gasteiger partial charge in [0.1, 0.15) is 6.04 Å². The zero-order chi connectivity index (χ0) is 23.1. The second kappa shape index (κ2) is 11.7. The Labute approximate surface area is 201 Å². The molecule has 2 aromatic carbocycles. The molecule has 1 saturated carbocycles. The predicted molar refractivity (Wildman–Crippen MR) is 131 cm³/mol. The van der Waals surface area contributed by atoms with Gasteiger partial charge in [0, 0.05) is 29.1 Å². The first kappa shape index (κ1) is 24.6. The molecule has 1 atom stereocenters. The second-order valence-electron chi connectivity index (χ2n) is 8.66. The Kier molecular flexibility index (Phi) is 9.01. The molecule has 2 aromatic rings. The van der Waals surface area contributed by atoms with Crippen LogP contribution in [0.1, 0.15) is 62.1 Å². The van der Waals surface area contributed by atoms with Crippen molar-refractivity contribution >= 4 is 35.0 Å². The number of carbonyl (C=O) groups excluding carboxylic acids is 2. The average Bonchev–Trinajstić information content (AvgIpc) is 3.27. The van der Waals surface area contributed by atoms with Crippen molar-refractivity contribution in [1.29, 1.82) is 0 Å². The van der Waals surface area contributed by atoms with E-state index in [1.165, 1.54) is 5.56 Å². The lowest BCUT2D eigenvalue weighted by atomic mass is 10.0. The minimum absolute atomic E-state index is 0.0509. The highest BCUT2D eigenvalue weighted by Crippen LogP contribution is 2.25. The maximum absolute atomic E-state index is 13.4. The average molecular weight is 475 g/mol. The van der Waals surface area contributed by atoms with Gasteiger partial charge in [-0.3, -0.25) is 9.59 Å². The first-order valence-electron chi connectivity index (χ1n) is 11.5. The van der Waals surface area contributed by atoms with Crippen molar-refractivity contribution in [2.75, 3.05) is 0 Å². The second-order valence-corrected chi connectivity index (χ2v) is 9.50. The van der Waals surface area contributed by atoms with Gasteiger partial charge < -0.3 is 10.2 Å². The highest BCUT2D eigenvalue weighted by atomic mass is 35.5. The van der Waals surface area contributed by atoms with Gasteiger partial charge in [0.2, 0.25) is 11.8 Å². The molecule has 172 valence electrons. The Hall–Kier alpha value is -2.04. The summed E-state index contributed by atoms with van der Waals surface area (Å²) in [5.41, 5.74) is 3.08. The van der Waals surface area contributed by atoms with Gasteiger partial charge in [-0.1, -0.05) is 78.9 Å². The zero-order valence-corrected chi connectivity index (χ0v) is 20.4. The minimum atomic E-state index is -0.534. The highest BCUT2D eigenvalue weighted by Gasteiger charge is 2.30. The van der Waals surface area contributed by atoms with E-state index in [4.69, 9.17) is 23.2 Å². The lowest BCUT2D eigenvalue weighted by Gasteiger charge is -2.32. The number of carbonyl (C=O) groups is 2. The monoisotopic (exact) mass is 474 g/mol. The number of rotatable bonds is 9. The third-order valence-corrected chi connectivity index (χ3v) is 6.78. The molecular formula is C26H32Cl2N2O2. The van der Waals surface area contributed by atoms with Crippen LogP contribution in [0.2, 0.25) is 10.0 Å². The van der Waals surface area contributed by atoms with Crippen LogP contribution in [-0.4, -0.2) is 28.8 Å². The first-order chi connectivity index (χ1) is 15.4. The van der Waals surface area contributed by atoms with E-state index in [0.717, 1.165) is 36.8 Å². The van der Waals surface area contributed by atoms with E-state index in [2.05, 4.69) is 17.4 Å². The van der Waals surface area contributed by atoms with E-state index in [1.807, 2.05) is 32.0 Å². The summed E-state index contributed by atoms with van der Waals surface area (Å²) in [6, 6.07) is 13.1. The maximum atomic E-state index is 13.4. The van der Waals surface area contributed by atoms with E-state index < -0.39 is 6.04 Å². The fourth-order valence-electron chi connectivity index (χ4n) is 4.27. The van der Waals surface area contributed by atoms with Crippen LogP contribution in [0, 0.1) is 6.92 Å². The molecule has 0 bridgehead atoms. The van der Waals surface area contributed by atoms with E-state index in [1.54, 1.807) is 17.0 Å². The molecule has 0 aliphatic heterocycles. The van der Waals surface area contributed by atoms with Crippen molar-refractivity contribution in [3.8, 4) is 0 Å². The molecule has 2 amide bonds. The molecule has 1 fully saturated rings. The van der Waals surface area contributed by atoms with Crippen LogP contribution in [0.25, 0.3) is 0 Å². The quantitative estimate of drug-likeness (QED) is 0.477. The first-order valence-corrected chi connectivity index (χ1v) is 12.2. The molecule has 3 rings (SSSR count). The smallest absolute Gasteiger partial charge is 0.243 e. The molecule has 1 aliphatic carbocycles. The Morgan fingerprint density at radius 3 is 2.41 bits per heavy atom. The SMILES string of the molecule is CC[C@@H](C(=O)NC1CCCC1)N(Cc1ccc(Cl)cc1Cl)C(=O)CCc1ccc(C)cc1. The maximum Gasteiger partial charge on any atom is 0.243 e. The molecule has 0 spiro atoms. The van der Waals surface area contributed by atoms with E-state index in [9.17, 15) is 9.59 Å². The number of hydrogen-bond donors (Lipinski definition) is 1. The standard InChI is InChI=1S/C26H32Cl2N2O2/c1-3-24(26(32)29-22-6-4-5-7-22)30(17-20-13-14-21(27)16-23(20)28)25(31)15-12-19-10-8-18(2)9-11-19/h8-11,13-14,16,22,24H,3-7,12,15,17H2,1-2H3,(H,29,32)/t24-/m0/s1. The van der Waals surface area contributed by atoms with Gasteiger partial charge in [-0.2, -0.15) is 0 Å². The van der Waals surface area contributed by atoms with Gasteiger partial charge >= 0.3 is 0 Å². The summed E-state index contributed by atoms with van der Waals surface area (Å²) in [5.74, 6) is -0.127. The number of benzene rings is 2. The fourth-order valence-corrected chi connectivity index (χ4v) is 4.74. The molecule has 6 heteroatoms. The van der Waals surface area contributed by atoms with Crippen LogP contribution >= 0.6 is 23.2 Å². The van der Waals surface area contributed by atoms with Gasteiger partial charge in [-0.15, -0.1) is 0 Å². The van der Waals surface area contributed by atoms with Crippen molar-refractivity contribution in [3.05, 3.63) is 69.2 Å². The summed E-state index contributed by atoms with van der Waals surface area (Å²) in [6.45, 7) is 4.27. The van der Waals surface area contributed by atoms with Gasteiger partial charge in [0.25, 0.3) is 0 Å². The van der Waals surface area contributed by atoms with Crippen LogP contribution in [0.15, 0.2) is 42.5 Å². The molecule has 1 aliphatic rings. The van der Waals surface area contributed by atoms with E-state index in [-0.39, 0.29) is 24.4 Å². The van der Waals surface area contributed by atoms with Crippen LogP contribution in [0.3, 0.4) is 0 Å². The summed E-state index contributed by atoms with van der Waals surface area (Å²) >= 11 is 12.5. The molecule has 0 heterocycles. The number of amides is 2. The van der Waals surface area contributed by atoms with E-state index >= 15 is 0 Å². The van der Waals surface area contributed by atoms with Crippen LogP contribution < -0.4 is 5.32 Å². The number of halogens is 2. The largest absolute Gasteiger partial charge is 0.352 e. The van der Waals surface area contributed by atoms with Crippen LogP contribution in [-0.2, 0) is 22.6 Å². The molecule has 0 radical (unpaired) electrons. The number of nitrogens with one attached hydrogen (secondary N) is 1. The molecule has 32 heavy (non-hydrogen) atoms. The van der Waals surface area contributed by atoms with Gasteiger partial charge in [-0.25, -0.2) is 0 Å². The molecule has 0 aromatic heterocycles. The van der Waals surface area contributed by atoms with Gasteiger partial charge in [-0.05, 0) is 55.9 Å². The van der Waals surface area contributed by atoms with Gasteiger partial charge in [0.05, 0.1) is 0 Å². The third kappa shape index (κ3) is 6.73. The lowest BCUT2D eigenvalue weighted by Crippen LogP contribution is -2.51. The highest BCUT2D eigenvalue weighted by molar-refractivity contribution is 6.35. The van der Waals surface area contributed by atoms with Crippen molar-refractivity contribution < 1.29 is 9.59 Å². The van der Waals surface area contributed by atoms with Crippen molar-refractivity contribution in [2.24, 2.45) is 0 Å². The van der Waals surface area contributed by atoms with Crippen molar-refractivity contribution in [2.45, 2.75) is 77.4 Å². The number of aryl methyl sites for hydroxylation is 2. The molecule has 0 saturated heterocycles. The summed E-state index contributed by atoms with van der Waals surface area (Å²) in [7, 11) is 0. The van der Waals surface area contributed by atoms with Gasteiger partial charge in [0.15, 0.2) is 0 Å². The van der Waals surface area contributed by atoms with Crippen molar-refractivity contribution in [1.82, 2.24) is 10.2 Å². The summed E-state index contributed by atoms with van der Waals surface area (Å²) in [6.07, 6.45) is 5.80. The minimum Gasteiger partial charge on any atom is -0.352 e. The lowest BCUT2D eigenvalue weighted by molar-refractivity contribution is -0.141. The molecular weight excluding hydrogens is 443 g/mol.